The fourth-order valence-electron chi connectivity index (χ4n) is 2.15. The Morgan fingerprint density at radius 1 is 0.944 bits per heavy atom. The van der Waals surface area contributed by atoms with Crippen LogP contribution in [0.3, 0.4) is 0 Å². The molecule has 88 valence electrons. The molecule has 0 aliphatic carbocycles. The molecule has 0 amide bonds. The number of hydrogen-bond donors (Lipinski definition) is 0. The van der Waals surface area contributed by atoms with E-state index >= 15 is 0 Å². The predicted molar refractivity (Wildman–Crippen MR) is 84.6 cm³/mol. The van der Waals surface area contributed by atoms with Gasteiger partial charge < -0.3 is 0 Å². The zero-order valence-electron chi connectivity index (χ0n) is 10.0. The molecule has 0 N–H and O–H groups in total. The molecule has 0 fully saturated rings. The van der Waals surface area contributed by atoms with E-state index in [0.29, 0.717) is 0 Å². The van der Waals surface area contributed by atoms with Crippen LogP contribution in [0.1, 0.15) is 5.69 Å². The third-order valence-electron chi connectivity index (χ3n) is 3.05. The molecule has 0 spiro atoms. The van der Waals surface area contributed by atoms with Gasteiger partial charge in [-0.2, -0.15) is 0 Å². The molecule has 0 aliphatic rings. The first-order valence-electron chi connectivity index (χ1n) is 5.86. The van der Waals surface area contributed by atoms with Crippen molar-refractivity contribution in [2.24, 2.45) is 0 Å². The van der Waals surface area contributed by atoms with Gasteiger partial charge in [-0.25, -0.2) is 0 Å². The number of pyridine rings is 1. The average molecular weight is 345 g/mol. The Kier molecular flexibility index (Phi) is 3.04. The van der Waals surface area contributed by atoms with Crippen LogP contribution < -0.4 is 0 Å². The number of benzene rings is 2. The predicted octanol–water partition coefficient (Wildman–Crippen LogP) is 4.81. The summed E-state index contributed by atoms with van der Waals surface area (Å²) in [6, 6.07) is 19.0. The third kappa shape index (κ3) is 2.12. The second-order valence-corrected chi connectivity index (χ2v) is 5.57. The van der Waals surface area contributed by atoms with Crippen molar-refractivity contribution in [3.8, 4) is 11.1 Å². The van der Waals surface area contributed by atoms with E-state index in [9.17, 15) is 0 Å². The number of aryl methyl sites for hydroxylation is 1. The summed E-state index contributed by atoms with van der Waals surface area (Å²) in [5.41, 5.74) is 4.58. The molecule has 0 radical (unpaired) electrons. The van der Waals surface area contributed by atoms with Crippen LogP contribution in [0.15, 0.2) is 54.6 Å². The topological polar surface area (TPSA) is 12.9 Å². The number of aromatic nitrogens is 1. The third-order valence-corrected chi connectivity index (χ3v) is 3.72. The first-order chi connectivity index (χ1) is 8.74. The lowest BCUT2D eigenvalue weighted by Gasteiger charge is -2.08. The van der Waals surface area contributed by atoms with Gasteiger partial charge >= 0.3 is 0 Å². The Labute approximate surface area is 120 Å². The molecule has 0 bridgehead atoms. The summed E-state index contributed by atoms with van der Waals surface area (Å²) in [5, 5.41) is 1.20. The lowest BCUT2D eigenvalue weighted by Crippen LogP contribution is -1.89. The van der Waals surface area contributed by atoms with Crippen molar-refractivity contribution < 1.29 is 0 Å². The van der Waals surface area contributed by atoms with E-state index in [-0.39, 0.29) is 0 Å². The highest BCUT2D eigenvalue weighted by Crippen LogP contribution is 2.26. The van der Waals surface area contributed by atoms with Gasteiger partial charge in [-0.15, -0.1) is 0 Å². The van der Waals surface area contributed by atoms with Gasteiger partial charge in [0.1, 0.15) is 0 Å². The van der Waals surface area contributed by atoms with Crippen molar-refractivity contribution >= 4 is 33.5 Å². The van der Waals surface area contributed by atoms with Crippen molar-refractivity contribution in [3.05, 3.63) is 63.9 Å². The highest BCUT2D eigenvalue weighted by atomic mass is 127. The molecule has 0 saturated heterocycles. The van der Waals surface area contributed by atoms with E-state index in [0.717, 1.165) is 11.2 Å². The monoisotopic (exact) mass is 345 g/mol. The molecular weight excluding hydrogens is 333 g/mol. The van der Waals surface area contributed by atoms with Crippen LogP contribution in [-0.4, -0.2) is 4.98 Å². The van der Waals surface area contributed by atoms with E-state index in [2.05, 4.69) is 83.0 Å². The Hall–Kier alpha value is -1.42. The maximum atomic E-state index is 4.69. The van der Waals surface area contributed by atoms with Crippen LogP contribution in [-0.2, 0) is 0 Å². The van der Waals surface area contributed by atoms with Gasteiger partial charge in [-0.3, -0.25) is 4.98 Å². The van der Waals surface area contributed by atoms with Crippen molar-refractivity contribution in [1.29, 1.82) is 0 Å². The van der Waals surface area contributed by atoms with E-state index in [1.54, 1.807) is 0 Å². The molecule has 0 saturated carbocycles. The second-order valence-electron chi connectivity index (χ2n) is 4.32. The number of halogens is 1. The zero-order chi connectivity index (χ0) is 12.5. The molecule has 0 unspecified atom stereocenters. The molecular formula is C16H12IN. The molecule has 3 rings (SSSR count). The summed E-state index contributed by atoms with van der Waals surface area (Å²) in [6.45, 7) is 2.07. The van der Waals surface area contributed by atoms with Crippen LogP contribution in [0, 0.1) is 10.5 Å². The van der Waals surface area contributed by atoms with Crippen molar-refractivity contribution in [1.82, 2.24) is 4.98 Å². The van der Waals surface area contributed by atoms with Gasteiger partial charge in [0.25, 0.3) is 0 Å². The van der Waals surface area contributed by atoms with Gasteiger partial charge in [-0.05, 0) is 59.3 Å². The van der Waals surface area contributed by atoms with Crippen LogP contribution in [0.25, 0.3) is 22.0 Å². The first kappa shape index (κ1) is 11.7. The summed E-state index contributed by atoms with van der Waals surface area (Å²) in [4.78, 5) is 4.69. The van der Waals surface area contributed by atoms with Crippen LogP contribution >= 0.6 is 22.6 Å². The highest BCUT2D eigenvalue weighted by molar-refractivity contribution is 14.1. The molecule has 1 nitrogen and oxygen atoms in total. The number of nitrogens with zero attached hydrogens (tertiary/aromatic N) is 1. The smallest absolute Gasteiger partial charge is 0.0706 e. The minimum Gasteiger partial charge on any atom is -0.252 e. The molecule has 0 atom stereocenters. The Balaban J connectivity index is 2.27. The van der Waals surface area contributed by atoms with Crippen LogP contribution in [0.4, 0.5) is 0 Å². The van der Waals surface area contributed by atoms with E-state index in [1.165, 1.54) is 20.1 Å². The average Bonchev–Trinajstić information content (AvgIpc) is 2.39. The maximum absolute atomic E-state index is 4.69. The molecule has 2 aromatic carbocycles. The lowest BCUT2D eigenvalue weighted by molar-refractivity contribution is 1.26. The minimum absolute atomic E-state index is 1.06. The summed E-state index contributed by atoms with van der Waals surface area (Å²) in [5.74, 6) is 0. The zero-order valence-corrected chi connectivity index (χ0v) is 12.2. The van der Waals surface area contributed by atoms with E-state index in [4.69, 9.17) is 0 Å². The normalized spacial score (nSPS) is 10.8. The van der Waals surface area contributed by atoms with Gasteiger partial charge in [-0.1, -0.05) is 30.3 Å². The van der Waals surface area contributed by atoms with E-state index < -0.39 is 0 Å². The van der Waals surface area contributed by atoms with Crippen molar-refractivity contribution in [2.45, 2.75) is 6.92 Å². The van der Waals surface area contributed by atoms with Gasteiger partial charge in [0.2, 0.25) is 0 Å². The number of fused-ring (bicyclic) bond motifs is 1. The molecule has 0 aliphatic heterocycles. The Bertz CT molecular complexity index is 705. The fourth-order valence-corrected chi connectivity index (χ4v) is 2.67. The van der Waals surface area contributed by atoms with E-state index in [1.807, 2.05) is 6.07 Å². The largest absolute Gasteiger partial charge is 0.252 e. The van der Waals surface area contributed by atoms with Crippen molar-refractivity contribution in [2.75, 3.05) is 0 Å². The Morgan fingerprint density at radius 2 is 1.72 bits per heavy atom. The number of hydrogen-bond acceptors (Lipinski definition) is 1. The first-order valence-corrected chi connectivity index (χ1v) is 6.94. The van der Waals surface area contributed by atoms with Gasteiger partial charge in [0, 0.05) is 20.2 Å². The quantitative estimate of drug-likeness (QED) is 0.577. The minimum atomic E-state index is 1.06. The summed E-state index contributed by atoms with van der Waals surface area (Å²) < 4.78 is 1.24. The van der Waals surface area contributed by atoms with Crippen LogP contribution in [0.2, 0.25) is 0 Å². The molecule has 1 heterocycles. The SMILES string of the molecule is Cc1nc2ccc(I)cc2cc1-c1ccccc1. The van der Waals surface area contributed by atoms with Gasteiger partial charge in [0.15, 0.2) is 0 Å². The number of rotatable bonds is 1. The molecule has 18 heavy (non-hydrogen) atoms. The summed E-state index contributed by atoms with van der Waals surface area (Å²) in [7, 11) is 0. The molecule has 1 aromatic heterocycles. The second kappa shape index (κ2) is 4.69. The summed E-state index contributed by atoms with van der Waals surface area (Å²) >= 11 is 2.34. The molecule has 3 aromatic rings. The van der Waals surface area contributed by atoms with Crippen molar-refractivity contribution in [3.63, 3.8) is 0 Å². The fraction of sp³-hybridized carbons (Fsp3) is 0.0625. The lowest BCUT2D eigenvalue weighted by atomic mass is 10.0. The Morgan fingerprint density at radius 3 is 2.50 bits per heavy atom. The van der Waals surface area contributed by atoms with Gasteiger partial charge in [0.05, 0.1) is 5.52 Å². The molecule has 2 heteroatoms. The summed E-state index contributed by atoms with van der Waals surface area (Å²) in [6.07, 6.45) is 0. The maximum Gasteiger partial charge on any atom is 0.0706 e. The highest BCUT2D eigenvalue weighted by Gasteiger charge is 2.05. The standard InChI is InChI=1S/C16H12IN/c1-11-15(12-5-3-2-4-6-12)10-13-9-14(17)7-8-16(13)18-11/h2-10H,1H3. The van der Waals surface area contributed by atoms with Crippen LogP contribution in [0.5, 0.6) is 0 Å².